The van der Waals surface area contributed by atoms with Gasteiger partial charge in [0.25, 0.3) is 0 Å². The van der Waals surface area contributed by atoms with Crippen molar-refractivity contribution in [2.75, 3.05) is 13.1 Å². The van der Waals surface area contributed by atoms with Crippen LogP contribution in [-0.4, -0.2) is 55.8 Å². The molecule has 3 aliphatic carbocycles. The minimum absolute atomic E-state index is 0.0672. The number of carbonyl (C=O) groups excluding carboxylic acids is 2. The number of hydrogen-bond acceptors (Lipinski definition) is 5. The van der Waals surface area contributed by atoms with Crippen molar-refractivity contribution in [1.82, 2.24) is 16.0 Å². The van der Waals surface area contributed by atoms with Gasteiger partial charge in [0.05, 0.1) is 17.6 Å². The lowest BCUT2D eigenvalue weighted by atomic mass is 9.43. The van der Waals surface area contributed by atoms with E-state index in [1.54, 1.807) is 0 Å². The number of unbranched alkanes of at least 4 members (excludes halogenated alkanes) is 2. The number of hydrogen-bond donors (Lipinski definition) is 4. The van der Waals surface area contributed by atoms with Crippen molar-refractivity contribution in [1.29, 1.82) is 0 Å². The van der Waals surface area contributed by atoms with Gasteiger partial charge in [-0.3, -0.25) is 4.79 Å². The standard InChI is InChI=1S/C24H45BN4O4/c1-7-8-9-10-27-22(31)28-14-17(26)21(30)29-20(11-15(2)3)25-32-19-13-16-12-18(23(16,4)5)24(19,6)33-25/h15-20H,7-14,26H2,1-6H3,(H,29,30)(H2,27,28,31)/t16-,17-,18-,19+,20-,24-/m0/s1. The molecule has 3 amide bonds. The second-order valence-electron chi connectivity index (χ2n) is 11.5. The van der Waals surface area contributed by atoms with Gasteiger partial charge in [-0.15, -0.1) is 0 Å². The van der Waals surface area contributed by atoms with Gasteiger partial charge in [0.1, 0.15) is 6.04 Å². The molecule has 4 aliphatic rings. The van der Waals surface area contributed by atoms with E-state index in [9.17, 15) is 9.59 Å². The minimum Gasteiger partial charge on any atom is -0.404 e. The average Bonchev–Trinajstić information content (AvgIpc) is 3.11. The summed E-state index contributed by atoms with van der Waals surface area (Å²) < 4.78 is 13.0. The van der Waals surface area contributed by atoms with E-state index in [4.69, 9.17) is 15.0 Å². The van der Waals surface area contributed by atoms with E-state index in [0.717, 1.165) is 32.1 Å². The van der Waals surface area contributed by atoms with Gasteiger partial charge < -0.3 is 31.0 Å². The SMILES string of the molecule is CCCCCNC(=O)NC[C@H](N)C(=O)N[C@@H](CC(C)C)B1O[C@@H]2C[C@@H]3C[C@@H](C3(C)C)[C@]2(C)O1. The highest BCUT2D eigenvalue weighted by atomic mass is 16.7. The van der Waals surface area contributed by atoms with Gasteiger partial charge in [-0.2, -0.15) is 0 Å². The molecule has 0 radical (unpaired) electrons. The lowest BCUT2D eigenvalue weighted by Crippen LogP contribution is -2.65. The summed E-state index contributed by atoms with van der Waals surface area (Å²) in [6, 6.07) is -1.14. The lowest BCUT2D eigenvalue weighted by Gasteiger charge is -2.64. The molecule has 0 aromatic carbocycles. The zero-order chi connectivity index (χ0) is 24.4. The maximum absolute atomic E-state index is 12.9. The summed E-state index contributed by atoms with van der Waals surface area (Å²) in [4.78, 5) is 24.8. The number of nitrogens with two attached hydrogens (primary N) is 1. The van der Waals surface area contributed by atoms with E-state index < -0.39 is 13.2 Å². The van der Waals surface area contributed by atoms with Gasteiger partial charge >= 0.3 is 13.1 Å². The van der Waals surface area contributed by atoms with Crippen LogP contribution in [0.3, 0.4) is 0 Å². The molecule has 8 nitrogen and oxygen atoms in total. The monoisotopic (exact) mass is 464 g/mol. The molecule has 4 fully saturated rings. The molecule has 33 heavy (non-hydrogen) atoms. The van der Waals surface area contributed by atoms with Crippen LogP contribution < -0.4 is 21.7 Å². The molecule has 0 unspecified atom stereocenters. The van der Waals surface area contributed by atoms with Crippen molar-refractivity contribution in [3.8, 4) is 0 Å². The van der Waals surface area contributed by atoms with E-state index in [1.165, 1.54) is 6.42 Å². The fourth-order valence-corrected chi connectivity index (χ4v) is 6.04. The summed E-state index contributed by atoms with van der Waals surface area (Å²) in [6.07, 6.45) is 6.10. The van der Waals surface area contributed by atoms with Crippen LogP contribution >= 0.6 is 0 Å². The van der Waals surface area contributed by atoms with Crippen LogP contribution in [0.2, 0.25) is 0 Å². The average molecular weight is 464 g/mol. The zero-order valence-corrected chi connectivity index (χ0v) is 21.4. The highest BCUT2D eigenvalue weighted by Crippen LogP contribution is 2.65. The van der Waals surface area contributed by atoms with Crippen molar-refractivity contribution in [3.63, 3.8) is 0 Å². The Morgan fingerprint density at radius 1 is 1.15 bits per heavy atom. The first kappa shape index (κ1) is 26.3. The first-order chi connectivity index (χ1) is 15.5. The molecule has 1 heterocycles. The van der Waals surface area contributed by atoms with Gasteiger partial charge in [-0.1, -0.05) is 47.5 Å². The molecule has 4 rings (SSSR count). The third kappa shape index (κ3) is 5.68. The molecule has 0 aromatic rings. The molecule has 1 saturated heterocycles. The van der Waals surface area contributed by atoms with Crippen LogP contribution in [0.1, 0.15) is 80.1 Å². The Balaban J connectivity index is 1.53. The van der Waals surface area contributed by atoms with E-state index >= 15 is 0 Å². The summed E-state index contributed by atoms with van der Waals surface area (Å²) in [6.45, 7) is 13.9. The molecule has 6 atom stereocenters. The molecular formula is C24H45BN4O4. The minimum atomic E-state index is -0.841. The van der Waals surface area contributed by atoms with E-state index in [0.29, 0.717) is 24.3 Å². The van der Waals surface area contributed by atoms with Crippen molar-refractivity contribution in [2.45, 2.75) is 104 Å². The van der Waals surface area contributed by atoms with Crippen molar-refractivity contribution in [3.05, 3.63) is 0 Å². The van der Waals surface area contributed by atoms with Gasteiger partial charge in [-0.05, 0) is 55.8 Å². The van der Waals surface area contributed by atoms with Crippen LogP contribution in [0.25, 0.3) is 0 Å². The molecule has 0 spiro atoms. The summed E-state index contributed by atoms with van der Waals surface area (Å²) in [5, 5.41) is 8.55. The van der Waals surface area contributed by atoms with Crippen molar-refractivity contribution >= 4 is 19.1 Å². The Kier molecular flexibility index (Phi) is 8.39. The van der Waals surface area contributed by atoms with Gasteiger partial charge in [0.2, 0.25) is 5.91 Å². The molecule has 5 N–H and O–H groups in total. The van der Waals surface area contributed by atoms with Gasteiger partial charge in [0.15, 0.2) is 0 Å². The summed E-state index contributed by atoms with van der Waals surface area (Å²) in [5.74, 6) is 0.911. The largest absolute Gasteiger partial charge is 0.481 e. The number of nitrogens with one attached hydrogen (secondary N) is 3. The van der Waals surface area contributed by atoms with Crippen LogP contribution in [0.15, 0.2) is 0 Å². The lowest BCUT2D eigenvalue weighted by molar-refractivity contribution is -0.199. The fraction of sp³-hybridized carbons (Fsp3) is 0.917. The molecule has 1 aliphatic heterocycles. The highest BCUT2D eigenvalue weighted by Gasteiger charge is 2.68. The predicted molar refractivity (Wildman–Crippen MR) is 130 cm³/mol. The van der Waals surface area contributed by atoms with Crippen LogP contribution in [0.4, 0.5) is 4.79 Å². The number of carbonyl (C=O) groups is 2. The van der Waals surface area contributed by atoms with Crippen LogP contribution in [-0.2, 0) is 14.1 Å². The predicted octanol–water partition coefficient (Wildman–Crippen LogP) is 2.60. The molecule has 2 bridgehead atoms. The van der Waals surface area contributed by atoms with Crippen molar-refractivity contribution in [2.24, 2.45) is 28.9 Å². The second-order valence-corrected chi connectivity index (χ2v) is 11.5. The highest BCUT2D eigenvalue weighted by molar-refractivity contribution is 6.47. The topological polar surface area (TPSA) is 115 Å². The summed E-state index contributed by atoms with van der Waals surface area (Å²) in [7, 11) is -0.483. The van der Waals surface area contributed by atoms with E-state index in [-0.39, 0.29) is 41.5 Å². The molecular weight excluding hydrogens is 419 g/mol. The summed E-state index contributed by atoms with van der Waals surface area (Å²) in [5.41, 5.74) is 6.04. The molecule has 3 saturated carbocycles. The first-order valence-electron chi connectivity index (χ1n) is 12.9. The Morgan fingerprint density at radius 2 is 1.88 bits per heavy atom. The maximum atomic E-state index is 12.9. The molecule has 188 valence electrons. The Labute approximate surface area is 200 Å². The number of amides is 3. The van der Waals surface area contributed by atoms with E-state index in [2.05, 4.69) is 57.5 Å². The van der Waals surface area contributed by atoms with E-state index in [1.807, 2.05) is 0 Å². The molecule has 9 heteroatoms. The number of rotatable bonds is 11. The Hall–Kier alpha value is -1.32. The van der Waals surface area contributed by atoms with Gasteiger partial charge in [-0.25, -0.2) is 4.79 Å². The second kappa shape index (κ2) is 10.5. The molecule has 0 aromatic heterocycles. The Morgan fingerprint density at radius 3 is 2.52 bits per heavy atom. The number of urea groups is 1. The quantitative estimate of drug-likeness (QED) is 0.277. The van der Waals surface area contributed by atoms with Crippen molar-refractivity contribution < 1.29 is 18.9 Å². The maximum Gasteiger partial charge on any atom is 0.481 e. The third-order valence-corrected chi connectivity index (χ3v) is 8.24. The first-order valence-corrected chi connectivity index (χ1v) is 12.9. The fourth-order valence-electron chi connectivity index (χ4n) is 6.04. The zero-order valence-electron chi connectivity index (χ0n) is 21.4. The summed E-state index contributed by atoms with van der Waals surface area (Å²) >= 11 is 0. The normalized spacial score (nSPS) is 31.4. The third-order valence-electron chi connectivity index (χ3n) is 8.24. The van der Waals surface area contributed by atoms with Crippen LogP contribution in [0, 0.1) is 23.2 Å². The smallest absolute Gasteiger partial charge is 0.404 e. The van der Waals surface area contributed by atoms with Crippen LogP contribution in [0.5, 0.6) is 0 Å². The Bertz CT molecular complexity index is 706. The van der Waals surface area contributed by atoms with Gasteiger partial charge in [0, 0.05) is 13.1 Å².